The summed E-state index contributed by atoms with van der Waals surface area (Å²) in [4.78, 5) is 52.2. The van der Waals surface area contributed by atoms with Crippen molar-refractivity contribution in [1.82, 2.24) is 25.2 Å². The summed E-state index contributed by atoms with van der Waals surface area (Å²) >= 11 is 0. The molecule has 1 saturated carbocycles. The molecule has 3 aromatic carbocycles. The fraction of sp³-hybridized carbons (Fsp3) is 0.341. The van der Waals surface area contributed by atoms with Crippen molar-refractivity contribution in [2.24, 2.45) is 11.8 Å². The van der Waals surface area contributed by atoms with Crippen LogP contribution in [0.15, 0.2) is 85.2 Å². The first-order valence-corrected chi connectivity index (χ1v) is 17.8. The number of aromatic amines is 1. The average molecular weight is 686 g/mol. The number of fused-ring (bicyclic) bond motifs is 1. The Balaban J connectivity index is 1.02. The second-order valence-electron chi connectivity index (χ2n) is 13.9. The lowest BCUT2D eigenvalue weighted by Gasteiger charge is -2.38. The summed E-state index contributed by atoms with van der Waals surface area (Å²) < 4.78 is 5.30. The van der Waals surface area contributed by atoms with Gasteiger partial charge in [-0.15, -0.1) is 0 Å². The second kappa shape index (κ2) is 14.8. The van der Waals surface area contributed by atoms with Crippen LogP contribution in [0.5, 0.6) is 5.75 Å². The Bertz CT molecular complexity index is 2010. The Morgan fingerprint density at radius 3 is 2.24 bits per heavy atom. The molecular weight excluding hydrogens is 642 g/mol. The normalized spacial score (nSPS) is 18.2. The molecule has 0 radical (unpaired) electrons. The molecule has 0 spiro atoms. The summed E-state index contributed by atoms with van der Waals surface area (Å²) in [5.41, 5.74) is 6.19. The molecule has 0 unspecified atom stereocenters. The van der Waals surface area contributed by atoms with Gasteiger partial charge in [0.25, 0.3) is 5.91 Å². The maximum atomic E-state index is 13.6. The molecule has 2 fully saturated rings. The number of hydrogen-bond acceptors (Lipinski definition) is 6. The molecule has 3 N–H and O–H groups in total. The van der Waals surface area contributed by atoms with E-state index in [4.69, 9.17) is 4.74 Å². The maximum absolute atomic E-state index is 13.6. The Kier molecular flexibility index (Phi) is 9.83. The number of carbonyl (C=O) groups is 3. The third-order valence-corrected chi connectivity index (χ3v) is 10.7. The predicted octanol–water partition coefficient (Wildman–Crippen LogP) is 6.87. The molecular formula is C41H43N5O5. The van der Waals surface area contributed by atoms with E-state index in [1.54, 1.807) is 19.2 Å². The van der Waals surface area contributed by atoms with Gasteiger partial charge < -0.3 is 25.0 Å². The minimum atomic E-state index is -0.934. The summed E-state index contributed by atoms with van der Waals surface area (Å²) in [5, 5.41) is 13.0. The van der Waals surface area contributed by atoms with Crippen LogP contribution in [0.4, 0.5) is 0 Å². The van der Waals surface area contributed by atoms with E-state index in [0.29, 0.717) is 23.2 Å². The Labute approximate surface area is 297 Å². The predicted molar refractivity (Wildman–Crippen MR) is 195 cm³/mol. The highest BCUT2D eigenvalue weighted by molar-refractivity contribution is 6.00. The van der Waals surface area contributed by atoms with Gasteiger partial charge in [-0.1, -0.05) is 61.9 Å². The fourth-order valence-electron chi connectivity index (χ4n) is 7.33. The summed E-state index contributed by atoms with van der Waals surface area (Å²) in [6.07, 6.45) is 10.4. The molecule has 5 aromatic rings. The number of carboxylic acid groups (broad SMARTS) is 1. The van der Waals surface area contributed by atoms with Crippen molar-refractivity contribution in [2.75, 3.05) is 20.2 Å². The van der Waals surface area contributed by atoms with Crippen molar-refractivity contribution < 1.29 is 24.2 Å². The van der Waals surface area contributed by atoms with Crippen LogP contribution in [-0.2, 0) is 16.0 Å². The molecule has 10 heteroatoms. The molecule has 2 aliphatic rings. The van der Waals surface area contributed by atoms with Gasteiger partial charge in [-0.2, -0.15) is 0 Å². The number of nitrogens with zero attached hydrogens (tertiary/aromatic N) is 3. The molecule has 0 bridgehead atoms. The molecule has 51 heavy (non-hydrogen) atoms. The SMILES string of the molecule is CCC1CCC(c2ccc(-c3cnc(-c4ccc(C[C@H](NC(=O)c5cc6cc(OC)ccc6[nH]5)C(=O)N5CC(C(=O)O)C5)cc4)nc3)cc2)CC1. The molecule has 262 valence electrons. The minimum Gasteiger partial charge on any atom is -0.497 e. The molecule has 10 nitrogen and oxygen atoms in total. The lowest BCUT2D eigenvalue weighted by atomic mass is 9.78. The highest BCUT2D eigenvalue weighted by atomic mass is 16.5. The molecule has 1 saturated heterocycles. The smallest absolute Gasteiger partial charge is 0.310 e. The van der Waals surface area contributed by atoms with Gasteiger partial charge in [0.2, 0.25) is 5.91 Å². The van der Waals surface area contributed by atoms with E-state index in [2.05, 4.69) is 51.5 Å². The number of ether oxygens (including phenoxy) is 1. The number of carboxylic acids is 1. The van der Waals surface area contributed by atoms with E-state index in [9.17, 15) is 19.5 Å². The number of H-pyrrole nitrogens is 1. The third kappa shape index (κ3) is 7.50. The molecule has 7 rings (SSSR count). The fourth-order valence-corrected chi connectivity index (χ4v) is 7.33. The first kappa shape index (κ1) is 34.0. The molecule has 2 aromatic heterocycles. The third-order valence-electron chi connectivity index (χ3n) is 10.7. The number of amides is 2. The van der Waals surface area contributed by atoms with E-state index < -0.39 is 23.8 Å². The number of aromatic nitrogens is 3. The standard InChI is InChI=1S/C41H43N5O5/c1-3-25-4-8-27(9-5-25)28-12-14-29(15-13-28)32-21-42-38(43-22-32)30-10-6-26(7-11-30)18-37(40(48)46-23-33(24-46)41(49)50)45-39(47)36-20-31-19-34(51-2)16-17-35(31)44-36/h6-7,10-17,19-22,25,27,33,37,44H,3-5,8-9,18,23-24H2,1-2H3,(H,45,47)(H,49,50)/t25?,27?,37-/m0/s1. The zero-order chi connectivity index (χ0) is 35.5. The number of rotatable bonds is 11. The van der Waals surface area contributed by atoms with Crippen molar-refractivity contribution in [1.29, 1.82) is 0 Å². The van der Waals surface area contributed by atoms with E-state index in [-0.39, 0.29) is 25.4 Å². The van der Waals surface area contributed by atoms with Gasteiger partial charge in [-0.3, -0.25) is 14.4 Å². The van der Waals surface area contributed by atoms with Crippen molar-refractivity contribution >= 4 is 28.7 Å². The summed E-state index contributed by atoms with van der Waals surface area (Å²) in [5.74, 6) is 0.502. The number of likely N-dealkylation sites (tertiary alicyclic amines) is 1. The van der Waals surface area contributed by atoms with Crippen molar-refractivity contribution in [3.05, 3.63) is 102 Å². The van der Waals surface area contributed by atoms with Gasteiger partial charge in [-0.25, -0.2) is 9.97 Å². The topological polar surface area (TPSA) is 138 Å². The van der Waals surface area contributed by atoms with Crippen LogP contribution in [0.2, 0.25) is 0 Å². The van der Waals surface area contributed by atoms with Crippen LogP contribution >= 0.6 is 0 Å². The number of nitrogens with one attached hydrogen (secondary N) is 2. The molecule has 1 atom stereocenters. The van der Waals surface area contributed by atoms with Crippen molar-refractivity contribution in [2.45, 2.75) is 57.4 Å². The Morgan fingerprint density at radius 2 is 1.59 bits per heavy atom. The van der Waals surface area contributed by atoms with E-state index in [1.165, 1.54) is 42.6 Å². The second-order valence-corrected chi connectivity index (χ2v) is 13.9. The van der Waals surface area contributed by atoms with Crippen LogP contribution in [0.3, 0.4) is 0 Å². The molecule has 1 aliphatic carbocycles. The van der Waals surface area contributed by atoms with Crippen LogP contribution in [0, 0.1) is 11.8 Å². The van der Waals surface area contributed by atoms with Crippen LogP contribution in [0.25, 0.3) is 33.4 Å². The zero-order valence-corrected chi connectivity index (χ0v) is 29.0. The van der Waals surface area contributed by atoms with Crippen molar-refractivity contribution in [3.63, 3.8) is 0 Å². The van der Waals surface area contributed by atoms with Gasteiger partial charge in [0.05, 0.1) is 13.0 Å². The summed E-state index contributed by atoms with van der Waals surface area (Å²) in [7, 11) is 1.58. The Morgan fingerprint density at radius 1 is 0.902 bits per heavy atom. The van der Waals surface area contributed by atoms with Crippen LogP contribution < -0.4 is 10.1 Å². The summed E-state index contributed by atoms with van der Waals surface area (Å²) in [6, 6.07) is 22.7. The first-order valence-electron chi connectivity index (χ1n) is 17.8. The van der Waals surface area contributed by atoms with Gasteiger partial charge >= 0.3 is 5.97 Å². The van der Waals surface area contributed by atoms with Crippen molar-refractivity contribution in [3.8, 4) is 28.3 Å². The van der Waals surface area contributed by atoms with Gasteiger partial charge in [0.1, 0.15) is 17.5 Å². The number of aliphatic carboxylic acids is 1. The molecule has 1 aliphatic heterocycles. The van der Waals surface area contributed by atoms with Crippen LogP contribution in [0.1, 0.15) is 66.6 Å². The molecule has 2 amide bonds. The van der Waals surface area contributed by atoms with Gasteiger partial charge in [0.15, 0.2) is 5.82 Å². The zero-order valence-electron chi connectivity index (χ0n) is 29.0. The lowest BCUT2D eigenvalue weighted by Crippen LogP contribution is -2.59. The monoisotopic (exact) mass is 685 g/mol. The van der Waals surface area contributed by atoms with E-state index in [1.807, 2.05) is 48.8 Å². The van der Waals surface area contributed by atoms with E-state index >= 15 is 0 Å². The largest absolute Gasteiger partial charge is 0.497 e. The van der Waals surface area contributed by atoms with Gasteiger partial charge in [0, 0.05) is 53.9 Å². The number of hydrogen-bond donors (Lipinski definition) is 3. The maximum Gasteiger partial charge on any atom is 0.310 e. The highest BCUT2D eigenvalue weighted by Gasteiger charge is 2.39. The number of carbonyl (C=O) groups excluding carboxylic acids is 2. The summed E-state index contributed by atoms with van der Waals surface area (Å²) in [6.45, 7) is 2.53. The first-order chi connectivity index (χ1) is 24.8. The molecule has 3 heterocycles. The number of benzene rings is 3. The quantitative estimate of drug-likeness (QED) is 0.138. The minimum absolute atomic E-state index is 0.114. The highest BCUT2D eigenvalue weighted by Crippen LogP contribution is 2.37. The van der Waals surface area contributed by atoms with Crippen LogP contribution in [-0.4, -0.2) is 69.0 Å². The lowest BCUT2D eigenvalue weighted by molar-refractivity contribution is -0.153. The Hall–Kier alpha value is -5.51. The van der Waals surface area contributed by atoms with E-state index in [0.717, 1.165) is 39.1 Å². The average Bonchev–Trinajstić information content (AvgIpc) is 3.58. The van der Waals surface area contributed by atoms with Gasteiger partial charge in [-0.05, 0) is 78.5 Å². The number of methoxy groups -OCH3 is 1.